The molecule has 0 saturated carbocycles. The van der Waals surface area contributed by atoms with Crippen molar-refractivity contribution in [3.8, 4) is 11.4 Å². The Bertz CT molecular complexity index is 569. The minimum Gasteiger partial charge on any atom is -0.497 e. The van der Waals surface area contributed by atoms with Crippen LogP contribution in [0.25, 0.3) is 5.69 Å². The van der Waals surface area contributed by atoms with E-state index in [0.717, 1.165) is 16.6 Å². The summed E-state index contributed by atoms with van der Waals surface area (Å²) in [7, 11) is 3.00. The fourth-order valence-electron chi connectivity index (χ4n) is 1.54. The molecule has 1 aromatic carbocycles. The van der Waals surface area contributed by atoms with E-state index in [4.69, 9.17) is 4.74 Å². The lowest BCUT2D eigenvalue weighted by atomic mass is 10.3. The van der Waals surface area contributed by atoms with Crippen LogP contribution in [0.15, 0.2) is 41.8 Å². The zero-order valence-electron chi connectivity index (χ0n) is 10.7. The van der Waals surface area contributed by atoms with Gasteiger partial charge in [0, 0.05) is 18.5 Å². The summed E-state index contributed by atoms with van der Waals surface area (Å²) < 4.78 is 11.7. The van der Waals surface area contributed by atoms with Gasteiger partial charge in [0.05, 0.1) is 25.7 Å². The van der Waals surface area contributed by atoms with Crippen molar-refractivity contribution in [1.29, 1.82) is 0 Å². The number of hydrogen-bond acceptors (Lipinski definition) is 5. The number of imidazole rings is 1. The number of esters is 1. The molecule has 0 saturated heterocycles. The Morgan fingerprint density at radius 3 is 3.00 bits per heavy atom. The third kappa shape index (κ3) is 3.29. The average Bonchev–Trinajstić information content (AvgIpc) is 2.93. The molecule has 0 aliphatic heterocycles. The van der Waals surface area contributed by atoms with Crippen LogP contribution in [-0.2, 0) is 9.53 Å². The number of methoxy groups -OCH3 is 2. The first-order chi connectivity index (χ1) is 9.24. The smallest absolute Gasteiger partial charge is 0.316 e. The van der Waals surface area contributed by atoms with Gasteiger partial charge in [-0.3, -0.25) is 9.36 Å². The van der Waals surface area contributed by atoms with E-state index in [-0.39, 0.29) is 11.7 Å². The Morgan fingerprint density at radius 1 is 1.42 bits per heavy atom. The van der Waals surface area contributed by atoms with Gasteiger partial charge in [0.15, 0.2) is 5.16 Å². The number of rotatable bonds is 5. The molecule has 0 fully saturated rings. The van der Waals surface area contributed by atoms with Gasteiger partial charge >= 0.3 is 5.97 Å². The molecule has 0 unspecified atom stereocenters. The van der Waals surface area contributed by atoms with Crippen LogP contribution >= 0.6 is 11.8 Å². The Labute approximate surface area is 115 Å². The molecule has 6 heteroatoms. The van der Waals surface area contributed by atoms with Crippen molar-refractivity contribution in [3.63, 3.8) is 0 Å². The van der Waals surface area contributed by atoms with Gasteiger partial charge in [0.2, 0.25) is 0 Å². The predicted molar refractivity (Wildman–Crippen MR) is 72.9 cm³/mol. The Hall–Kier alpha value is -1.95. The normalized spacial score (nSPS) is 10.2. The quantitative estimate of drug-likeness (QED) is 0.619. The van der Waals surface area contributed by atoms with Crippen molar-refractivity contribution < 1.29 is 14.3 Å². The molecule has 0 aliphatic carbocycles. The SMILES string of the molecule is COC(=O)CSc1nccn1-c1cccc(OC)c1. The summed E-state index contributed by atoms with van der Waals surface area (Å²) in [4.78, 5) is 15.4. The summed E-state index contributed by atoms with van der Waals surface area (Å²) in [6, 6.07) is 7.64. The minimum atomic E-state index is -0.273. The Balaban J connectivity index is 2.20. The summed E-state index contributed by atoms with van der Waals surface area (Å²) in [5, 5.41) is 0.735. The third-order valence-electron chi connectivity index (χ3n) is 2.49. The number of carbonyl (C=O) groups excluding carboxylic acids is 1. The average molecular weight is 278 g/mol. The van der Waals surface area contributed by atoms with Crippen molar-refractivity contribution >= 4 is 17.7 Å². The van der Waals surface area contributed by atoms with Gasteiger partial charge < -0.3 is 9.47 Å². The first kappa shape index (κ1) is 13.5. The fraction of sp³-hybridized carbons (Fsp3) is 0.231. The molecule has 0 amide bonds. The van der Waals surface area contributed by atoms with Gasteiger partial charge in [0.1, 0.15) is 5.75 Å². The second-order valence-electron chi connectivity index (χ2n) is 3.65. The van der Waals surface area contributed by atoms with Crippen molar-refractivity contribution in [3.05, 3.63) is 36.7 Å². The summed E-state index contributed by atoms with van der Waals surface area (Å²) in [6.45, 7) is 0. The zero-order chi connectivity index (χ0) is 13.7. The van der Waals surface area contributed by atoms with E-state index in [0.29, 0.717) is 0 Å². The molecule has 0 radical (unpaired) electrons. The minimum absolute atomic E-state index is 0.234. The van der Waals surface area contributed by atoms with E-state index >= 15 is 0 Å². The maximum absolute atomic E-state index is 11.2. The van der Waals surface area contributed by atoms with Crippen LogP contribution in [-0.4, -0.2) is 35.5 Å². The van der Waals surface area contributed by atoms with E-state index < -0.39 is 0 Å². The molecular formula is C13H14N2O3S. The number of thioether (sulfide) groups is 1. The summed E-state index contributed by atoms with van der Waals surface area (Å²) >= 11 is 1.33. The van der Waals surface area contributed by atoms with E-state index in [1.165, 1.54) is 18.9 Å². The van der Waals surface area contributed by atoms with Crippen LogP contribution in [0.2, 0.25) is 0 Å². The molecule has 100 valence electrons. The number of aromatic nitrogens is 2. The maximum Gasteiger partial charge on any atom is 0.316 e. The van der Waals surface area contributed by atoms with Crippen LogP contribution in [0.4, 0.5) is 0 Å². The monoisotopic (exact) mass is 278 g/mol. The highest BCUT2D eigenvalue weighted by Gasteiger charge is 2.09. The van der Waals surface area contributed by atoms with Crippen LogP contribution in [0.1, 0.15) is 0 Å². The van der Waals surface area contributed by atoms with Crippen molar-refractivity contribution in [2.24, 2.45) is 0 Å². The molecule has 0 aliphatic rings. The van der Waals surface area contributed by atoms with E-state index in [9.17, 15) is 4.79 Å². The summed E-state index contributed by atoms with van der Waals surface area (Å²) in [5.41, 5.74) is 0.934. The molecule has 1 aromatic heterocycles. The molecule has 5 nitrogen and oxygen atoms in total. The Morgan fingerprint density at radius 2 is 2.26 bits per heavy atom. The number of carbonyl (C=O) groups is 1. The third-order valence-corrected chi connectivity index (χ3v) is 3.43. The number of nitrogens with zero attached hydrogens (tertiary/aromatic N) is 2. The van der Waals surface area contributed by atoms with Crippen LogP contribution < -0.4 is 4.74 Å². The highest BCUT2D eigenvalue weighted by Crippen LogP contribution is 2.23. The number of ether oxygens (including phenoxy) is 2. The van der Waals surface area contributed by atoms with Crippen molar-refractivity contribution in [2.75, 3.05) is 20.0 Å². The van der Waals surface area contributed by atoms with E-state index in [1.54, 1.807) is 13.3 Å². The van der Waals surface area contributed by atoms with Gasteiger partial charge in [-0.15, -0.1) is 0 Å². The molecule has 0 spiro atoms. The lowest BCUT2D eigenvalue weighted by molar-refractivity contribution is -0.137. The summed E-state index contributed by atoms with van der Waals surface area (Å²) in [6.07, 6.45) is 3.54. The number of benzene rings is 1. The van der Waals surface area contributed by atoms with Gasteiger partial charge in [-0.25, -0.2) is 4.98 Å². The molecule has 2 aromatic rings. The van der Waals surface area contributed by atoms with Crippen LogP contribution in [0, 0.1) is 0 Å². The molecule has 0 bridgehead atoms. The Kier molecular flexibility index (Phi) is 4.46. The predicted octanol–water partition coefficient (Wildman–Crippen LogP) is 2.15. The number of hydrogen-bond donors (Lipinski definition) is 0. The second kappa shape index (κ2) is 6.29. The fourth-order valence-corrected chi connectivity index (χ4v) is 2.34. The van der Waals surface area contributed by atoms with Gasteiger partial charge in [-0.2, -0.15) is 0 Å². The lowest BCUT2D eigenvalue weighted by Crippen LogP contribution is -2.04. The molecule has 2 rings (SSSR count). The standard InChI is InChI=1S/C13H14N2O3S/c1-17-11-5-3-4-10(8-11)15-7-6-14-13(15)19-9-12(16)18-2/h3-8H,9H2,1-2H3. The van der Waals surface area contributed by atoms with Gasteiger partial charge in [0.25, 0.3) is 0 Å². The van der Waals surface area contributed by atoms with E-state index in [2.05, 4.69) is 9.72 Å². The first-order valence-electron chi connectivity index (χ1n) is 5.62. The lowest BCUT2D eigenvalue weighted by Gasteiger charge is -2.08. The maximum atomic E-state index is 11.2. The molecular weight excluding hydrogens is 264 g/mol. The first-order valence-corrected chi connectivity index (χ1v) is 6.60. The highest BCUT2D eigenvalue weighted by atomic mass is 32.2. The topological polar surface area (TPSA) is 53.3 Å². The van der Waals surface area contributed by atoms with Crippen molar-refractivity contribution in [1.82, 2.24) is 9.55 Å². The summed E-state index contributed by atoms with van der Waals surface area (Å²) in [5.74, 6) is 0.734. The molecule has 0 N–H and O–H groups in total. The van der Waals surface area contributed by atoms with E-state index in [1.807, 2.05) is 35.0 Å². The molecule has 19 heavy (non-hydrogen) atoms. The highest BCUT2D eigenvalue weighted by molar-refractivity contribution is 7.99. The van der Waals surface area contributed by atoms with Gasteiger partial charge in [-0.05, 0) is 12.1 Å². The molecule has 0 atom stereocenters. The van der Waals surface area contributed by atoms with Crippen LogP contribution in [0.3, 0.4) is 0 Å². The molecule has 1 heterocycles. The van der Waals surface area contributed by atoms with Gasteiger partial charge in [-0.1, -0.05) is 17.8 Å². The second-order valence-corrected chi connectivity index (χ2v) is 4.59. The van der Waals surface area contributed by atoms with Crippen molar-refractivity contribution in [2.45, 2.75) is 5.16 Å². The largest absolute Gasteiger partial charge is 0.497 e. The van der Waals surface area contributed by atoms with Crippen LogP contribution in [0.5, 0.6) is 5.75 Å². The zero-order valence-corrected chi connectivity index (χ0v) is 11.5.